The third-order valence-corrected chi connectivity index (χ3v) is 4.00. The van der Waals surface area contributed by atoms with E-state index in [0.29, 0.717) is 13.2 Å². The minimum atomic E-state index is -0.522. The first-order valence-corrected chi connectivity index (χ1v) is 8.28. The minimum Gasteiger partial charge on any atom is -0.444 e. The number of aliphatic hydroxyl groups is 1. The van der Waals surface area contributed by atoms with Gasteiger partial charge >= 0.3 is 6.09 Å². The molecule has 0 aromatic heterocycles. The zero-order chi connectivity index (χ0) is 16.2. The molecule has 0 radical (unpaired) electrons. The number of carbonyl (C=O) groups excluding carboxylic acids is 1. The first-order chi connectivity index (χ1) is 10.4. The van der Waals surface area contributed by atoms with Crippen LogP contribution in [0.15, 0.2) is 0 Å². The maximum Gasteiger partial charge on any atom is 0.410 e. The van der Waals surface area contributed by atoms with Gasteiger partial charge in [-0.25, -0.2) is 4.79 Å². The van der Waals surface area contributed by atoms with Crippen LogP contribution in [-0.4, -0.2) is 59.9 Å². The van der Waals surface area contributed by atoms with Crippen LogP contribution in [0.5, 0.6) is 0 Å². The highest BCUT2D eigenvalue weighted by Gasteiger charge is 2.38. The molecule has 1 amide bonds. The largest absolute Gasteiger partial charge is 0.444 e. The Morgan fingerprint density at radius 2 is 2.09 bits per heavy atom. The summed E-state index contributed by atoms with van der Waals surface area (Å²) in [6.45, 7) is 6.78. The van der Waals surface area contributed by atoms with E-state index in [0.717, 1.165) is 32.1 Å². The van der Waals surface area contributed by atoms with Crippen molar-refractivity contribution in [2.24, 2.45) is 0 Å². The highest BCUT2D eigenvalue weighted by molar-refractivity contribution is 5.69. The monoisotopic (exact) mass is 315 g/mol. The summed E-state index contributed by atoms with van der Waals surface area (Å²) >= 11 is 0. The highest BCUT2D eigenvalue weighted by atomic mass is 16.7. The standard InChI is InChI=1S/C16H29NO5/c1-16(2,3)22-15(19)17-9-6-7-12(17)13(11-18)21-14-8-4-5-10-20-14/h12-14,18H,4-11H2,1-3H3/t12-,13?,14?/m0/s1. The van der Waals surface area contributed by atoms with Gasteiger partial charge in [-0.2, -0.15) is 0 Å². The molecule has 2 aliphatic rings. The van der Waals surface area contributed by atoms with Gasteiger partial charge in [-0.1, -0.05) is 0 Å². The molecule has 2 rings (SSSR count). The number of carbonyl (C=O) groups is 1. The summed E-state index contributed by atoms with van der Waals surface area (Å²) in [6, 6.07) is -0.148. The van der Waals surface area contributed by atoms with Crippen LogP contribution in [0.3, 0.4) is 0 Å². The summed E-state index contributed by atoms with van der Waals surface area (Å²) in [5.74, 6) is 0. The SMILES string of the molecule is CC(C)(C)OC(=O)N1CCC[C@H]1C(CO)OC1CCCCO1. The first-order valence-electron chi connectivity index (χ1n) is 8.28. The Bertz CT molecular complexity index is 362. The molecule has 2 aliphatic heterocycles. The van der Waals surface area contributed by atoms with Crippen LogP contribution in [0.1, 0.15) is 52.9 Å². The Morgan fingerprint density at radius 1 is 1.32 bits per heavy atom. The molecule has 22 heavy (non-hydrogen) atoms. The Kier molecular flexibility index (Phi) is 6.06. The van der Waals surface area contributed by atoms with E-state index in [1.54, 1.807) is 4.90 Å². The van der Waals surface area contributed by atoms with Gasteiger partial charge in [-0.15, -0.1) is 0 Å². The van der Waals surface area contributed by atoms with Gasteiger partial charge in [0.25, 0.3) is 0 Å². The maximum atomic E-state index is 12.3. The molecule has 0 aromatic rings. The van der Waals surface area contributed by atoms with Gasteiger partial charge in [-0.3, -0.25) is 0 Å². The van der Waals surface area contributed by atoms with E-state index in [2.05, 4.69) is 0 Å². The lowest BCUT2D eigenvalue weighted by molar-refractivity contribution is -0.204. The van der Waals surface area contributed by atoms with E-state index in [1.807, 2.05) is 20.8 Å². The van der Waals surface area contributed by atoms with Gasteiger partial charge in [0.05, 0.1) is 12.6 Å². The third-order valence-electron chi connectivity index (χ3n) is 4.00. The van der Waals surface area contributed by atoms with Crippen molar-refractivity contribution in [3.63, 3.8) is 0 Å². The molecule has 0 aliphatic carbocycles. The molecule has 6 nitrogen and oxygen atoms in total. The van der Waals surface area contributed by atoms with Gasteiger partial charge in [-0.05, 0) is 52.9 Å². The second-order valence-corrected chi connectivity index (χ2v) is 7.04. The number of amides is 1. The second-order valence-electron chi connectivity index (χ2n) is 7.04. The Morgan fingerprint density at radius 3 is 2.68 bits per heavy atom. The van der Waals surface area contributed by atoms with Crippen LogP contribution in [0.2, 0.25) is 0 Å². The fourth-order valence-electron chi connectivity index (χ4n) is 3.00. The molecule has 2 saturated heterocycles. The summed E-state index contributed by atoms with van der Waals surface area (Å²) < 4.78 is 16.9. The molecule has 128 valence electrons. The molecule has 0 saturated carbocycles. The molecule has 0 bridgehead atoms. The number of ether oxygens (including phenoxy) is 3. The van der Waals surface area contributed by atoms with Gasteiger partial charge < -0.3 is 24.2 Å². The van der Waals surface area contributed by atoms with E-state index in [4.69, 9.17) is 14.2 Å². The summed E-state index contributed by atoms with van der Waals surface area (Å²) in [5.41, 5.74) is -0.522. The lowest BCUT2D eigenvalue weighted by Crippen LogP contribution is -2.48. The number of nitrogens with zero attached hydrogens (tertiary/aromatic N) is 1. The van der Waals surface area contributed by atoms with Crippen molar-refractivity contribution in [2.45, 2.75) is 76.9 Å². The summed E-state index contributed by atoms with van der Waals surface area (Å²) in [5, 5.41) is 9.69. The average Bonchev–Trinajstić information content (AvgIpc) is 2.93. The fraction of sp³-hybridized carbons (Fsp3) is 0.938. The summed E-state index contributed by atoms with van der Waals surface area (Å²) in [4.78, 5) is 14.0. The van der Waals surface area contributed by atoms with Crippen molar-refractivity contribution in [1.29, 1.82) is 0 Å². The number of hydrogen-bond acceptors (Lipinski definition) is 5. The molecule has 6 heteroatoms. The molecular formula is C16H29NO5. The van der Waals surface area contributed by atoms with Crippen LogP contribution in [0, 0.1) is 0 Å². The van der Waals surface area contributed by atoms with Gasteiger partial charge in [0, 0.05) is 13.2 Å². The van der Waals surface area contributed by atoms with Crippen molar-refractivity contribution in [1.82, 2.24) is 4.90 Å². The zero-order valence-electron chi connectivity index (χ0n) is 13.9. The lowest BCUT2D eigenvalue weighted by atomic mass is 10.1. The van der Waals surface area contributed by atoms with Crippen molar-refractivity contribution in [2.75, 3.05) is 19.8 Å². The first kappa shape index (κ1) is 17.5. The van der Waals surface area contributed by atoms with E-state index in [-0.39, 0.29) is 25.0 Å². The molecule has 3 atom stereocenters. The minimum absolute atomic E-state index is 0.121. The topological polar surface area (TPSA) is 68.2 Å². The number of hydrogen-bond donors (Lipinski definition) is 1. The quantitative estimate of drug-likeness (QED) is 0.862. The highest BCUT2D eigenvalue weighted by Crippen LogP contribution is 2.26. The predicted octanol–water partition coefficient (Wildman–Crippen LogP) is 2.29. The van der Waals surface area contributed by atoms with Crippen molar-refractivity contribution in [3.05, 3.63) is 0 Å². The molecule has 1 N–H and O–H groups in total. The Balaban J connectivity index is 1.95. The Hall–Kier alpha value is -0.850. The molecule has 2 unspecified atom stereocenters. The van der Waals surface area contributed by atoms with Crippen LogP contribution in [-0.2, 0) is 14.2 Å². The van der Waals surface area contributed by atoms with Gasteiger partial charge in [0.1, 0.15) is 11.7 Å². The van der Waals surface area contributed by atoms with Gasteiger partial charge in [0.15, 0.2) is 6.29 Å². The van der Waals surface area contributed by atoms with Crippen LogP contribution >= 0.6 is 0 Å². The number of likely N-dealkylation sites (tertiary alicyclic amines) is 1. The Labute approximate surface area is 132 Å². The zero-order valence-corrected chi connectivity index (χ0v) is 13.9. The van der Waals surface area contributed by atoms with Crippen LogP contribution in [0.4, 0.5) is 4.79 Å². The maximum absolute atomic E-state index is 12.3. The molecule has 2 heterocycles. The number of rotatable bonds is 4. The van der Waals surface area contributed by atoms with Crippen molar-refractivity contribution in [3.8, 4) is 0 Å². The third kappa shape index (κ3) is 4.83. The second kappa shape index (κ2) is 7.62. The lowest BCUT2D eigenvalue weighted by Gasteiger charge is -2.34. The van der Waals surface area contributed by atoms with Crippen LogP contribution < -0.4 is 0 Å². The van der Waals surface area contributed by atoms with E-state index < -0.39 is 11.7 Å². The average molecular weight is 315 g/mol. The molecular weight excluding hydrogens is 286 g/mol. The van der Waals surface area contributed by atoms with E-state index >= 15 is 0 Å². The molecule has 2 fully saturated rings. The van der Waals surface area contributed by atoms with Gasteiger partial charge in [0.2, 0.25) is 0 Å². The van der Waals surface area contributed by atoms with Crippen LogP contribution in [0.25, 0.3) is 0 Å². The molecule has 0 spiro atoms. The number of aliphatic hydroxyl groups excluding tert-OH is 1. The smallest absolute Gasteiger partial charge is 0.410 e. The predicted molar refractivity (Wildman–Crippen MR) is 81.5 cm³/mol. The van der Waals surface area contributed by atoms with E-state index in [1.165, 1.54) is 0 Å². The van der Waals surface area contributed by atoms with Crippen molar-refractivity contribution < 1.29 is 24.1 Å². The summed E-state index contributed by atoms with van der Waals surface area (Å²) in [6.07, 6.45) is 3.66. The molecule has 0 aromatic carbocycles. The fourth-order valence-corrected chi connectivity index (χ4v) is 3.00. The van der Waals surface area contributed by atoms with E-state index in [9.17, 15) is 9.90 Å². The van der Waals surface area contributed by atoms with Crippen molar-refractivity contribution >= 4 is 6.09 Å². The normalized spacial score (nSPS) is 27.7. The summed E-state index contributed by atoms with van der Waals surface area (Å²) in [7, 11) is 0.